The van der Waals surface area contributed by atoms with Crippen molar-refractivity contribution in [3.63, 3.8) is 0 Å². The van der Waals surface area contributed by atoms with Crippen molar-refractivity contribution in [3.8, 4) is 0 Å². The molecule has 2 amide bonds. The molecule has 4 atom stereocenters. The van der Waals surface area contributed by atoms with Crippen LogP contribution >= 0.6 is 0 Å². The van der Waals surface area contributed by atoms with Crippen molar-refractivity contribution in [3.05, 3.63) is 66.1 Å². The topological polar surface area (TPSA) is 108 Å². The van der Waals surface area contributed by atoms with E-state index in [0.717, 1.165) is 18.4 Å². The van der Waals surface area contributed by atoms with Crippen LogP contribution < -0.4 is 10.6 Å². The maximum Gasteiger partial charge on any atom is 0.248 e. The summed E-state index contributed by atoms with van der Waals surface area (Å²) in [7, 11) is 0. The van der Waals surface area contributed by atoms with E-state index in [1.54, 1.807) is 17.9 Å². The molecule has 1 saturated carbocycles. The van der Waals surface area contributed by atoms with E-state index >= 15 is 0 Å². The molecule has 2 heterocycles. The first-order valence-corrected chi connectivity index (χ1v) is 14.0. The Kier molecular flexibility index (Phi) is 8.46. The summed E-state index contributed by atoms with van der Waals surface area (Å²) in [5.74, 6) is -3.57. The number of benzene rings is 2. The van der Waals surface area contributed by atoms with Crippen LogP contribution in [0.25, 0.3) is 11.1 Å². The second-order valence-corrected chi connectivity index (χ2v) is 11.0. The lowest BCUT2D eigenvalue weighted by Gasteiger charge is -2.34. The third-order valence-electron chi connectivity index (χ3n) is 8.07. The van der Waals surface area contributed by atoms with E-state index in [2.05, 4.69) is 15.6 Å². The van der Waals surface area contributed by atoms with Gasteiger partial charge in [-0.1, -0.05) is 42.5 Å². The number of aromatic nitrogens is 1. The van der Waals surface area contributed by atoms with Gasteiger partial charge < -0.3 is 19.7 Å². The molecule has 214 valence electrons. The standard InChI is InChI=1S/C30H36F2N4O4/c1-19(29-35-22-10-5-6-12-25(22)40-29)33-28(39)23(34-27(38)21-13-15-30(31,32)16-14-21)18-26(37)36-17-7-11-24(36)20-8-3-2-4-9-20/h2-6,8-10,12,19,21,23-24,27,34,38H,7,11,13-18H2,1H3,(H,33,39)/t19-,23-,24+,27?/m0/s1. The largest absolute Gasteiger partial charge is 0.438 e. The minimum atomic E-state index is -2.74. The summed E-state index contributed by atoms with van der Waals surface area (Å²) < 4.78 is 33.2. The van der Waals surface area contributed by atoms with Gasteiger partial charge in [-0.3, -0.25) is 14.9 Å². The molecule has 1 aliphatic heterocycles. The summed E-state index contributed by atoms with van der Waals surface area (Å²) in [6.07, 6.45) is -0.0775. The maximum absolute atomic E-state index is 13.7. The minimum Gasteiger partial charge on any atom is -0.438 e. The van der Waals surface area contributed by atoms with Crippen molar-refractivity contribution in [2.45, 2.75) is 82.1 Å². The summed E-state index contributed by atoms with van der Waals surface area (Å²) in [6, 6.07) is 15.3. The molecule has 3 N–H and O–H groups in total. The molecule has 1 aliphatic carbocycles. The predicted molar refractivity (Wildman–Crippen MR) is 145 cm³/mol. The Hall–Kier alpha value is -3.37. The molecule has 5 rings (SSSR count). The maximum atomic E-state index is 13.7. The van der Waals surface area contributed by atoms with Gasteiger partial charge in [0.05, 0.1) is 18.5 Å². The number of rotatable bonds is 9. The highest BCUT2D eigenvalue weighted by atomic mass is 19.3. The van der Waals surface area contributed by atoms with Gasteiger partial charge in [-0.25, -0.2) is 13.8 Å². The summed E-state index contributed by atoms with van der Waals surface area (Å²) in [5.41, 5.74) is 2.29. The van der Waals surface area contributed by atoms with Gasteiger partial charge in [0.1, 0.15) is 17.8 Å². The zero-order valence-corrected chi connectivity index (χ0v) is 22.6. The number of nitrogens with one attached hydrogen (secondary N) is 2. The van der Waals surface area contributed by atoms with Crippen LogP contribution in [0, 0.1) is 5.92 Å². The Bertz CT molecular complexity index is 1270. The van der Waals surface area contributed by atoms with E-state index in [9.17, 15) is 23.5 Å². The van der Waals surface area contributed by atoms with Crippen LogP contribution in [0.3, 0.4) is 0 Å². The monoisotopic (exact) mass is 554 g/mol. The molecule has 0 radical (unpaired) electrons. The summed E-state index contributed by atoms with van der Waals surface area (Å²) in [6.45, 7) is 2.30. The normalized spacial score (nSPS) is 21.7. The van der Waals surface area contributed by atoms with Gasteiger partial charge in [-0.05, 0) is 56.2 Å². The molecule has 10 heteroatoms. The minimum absolute atomic E-state index is 0.0819. The molecule has 1 unspecified atom stereocenters. The van der Waals surface area contributed by atoms with Crippen molar-refractivity contribution < 1.29 is 27.9 Å². The molecule has 0 bridgehead atoms. The summed E-state index contributed by atoms with van der Waals surface area (Å²) in [4.78, 5) is 33.3. The number of oxazole rings is 1. The first-order chi connectivity index (χ1) is 19.2. The first kappa shape index (κ1) is 28.2. The highest BCUT2D eigenvalue weighted by Gasteiger charge is 2.39. The van der Waals surface area contributed by atoms with Gasteiger partial charge in [0, 0.05) is 19.4 Å². The predicted octanol–water partition coefficient (Wildman–Crippen LogP) is 4.86. The van der Waals surface area contributed by atoms with Gasteiger partial charge in [0.2, 0.25) is 23.6 Å². The fourth-order valence-electron chi connectivity index (χ4n) is 5.78. The average molecular weight is 555 g/mol. The molecular formula is C30H36F2N4O4. The molecule has 2 aromatic carbocycles. The van der Waals surface area contributed by atoms with Gasteiger partial charge in [-0.2, -0.15) is 0 Å². The number of amides is 2. The highest BCUT2D eigenvalue weighted by molar-refractivity contribution is 5.89. The number of likely N-dealkylation sites (tertiary alicyclic amines) is 1. The number of alkyl halides is 2. The lowest BCUT2D eigenvalue weighted by atomic mass is 9.85. The van der Waals surface area contributed by atoms with E-state index in [0.29, 0.717) is 23.5 Å². The fraction of sp³-hybridized carbons (Fsp3) is 0.500. The number of halogens is 2. The van der Waals surface area contributed by atoms with Crippen molar-refractivity contribution in [2.75, 3.05) is 6.54 Å². The fourth-order valence-corrected chi connectivity index (χ4v) is 5.78. The second-order valence-electron chi connectivity index (χ2n) is 11.0. The molecule has 8 nitrogen and oxygen atoms in total. The molecule has 40 heavy (non-hydrogen) atoms. The Morgan fingerprint density at radius 3 is 2.52 bits per heavy atom. The van der Waals surface area contributed by atoms with Crippen molar-refractivity contribution in [2.24, 2.45) is 5.92 Å². The number of hydrogen-bond donors (Lipinski definition) is 3. The zero-order chi connectivity index (χ0) is 28.3. The highest BCUT2D eigenvalue weighted by Crippen LogP contribution is 2.37. The Balaban J connectivity index is 1.30. The van der Waals surface area contributed by atoms with E-state index in [1.807, 2.05) is 48.5 Å². The Labute approximate surface area is 232 Å². The number of aliphatic hydroxyl groups is 1. The van der Waals surface area contributed by atoms with Crippen molar-refractivity contribution in [1.82, 2.24) is 20.5 Å². The van der Waals surface area contributed by atoms with E-state index in [4.69, 9.17) is 4.42 Å². The smallest absolute Gasteiger partial charge is 0.248 e. The van der Waals surface area contributed by atoms with Crippen LogP contribution in [-0.2, 0) is 9.59 Å². The molecule has 1 saturated heterocycles. The van der Waals surface area contributed by atoms with E-state index in [1.165, 1.54) is 0 Å². The number of aliphatic hydroxyl groups excluding tert-OH is 1. The Morgan fingerprint density at radius 1 is 1.10 bits per heavy atom. The first-order valence-electron chi connectivity index (χ1n) is 14.0. The van der Waals surface area contributed by atoms with Crippen LogP contribution in [-0.4, -0.2) is 51.5 Å². The molecule has 3 aromatic rings. The average Bonchev–Trinajstić information content (AvgIpc) is 3.61. The number of nitrogens with zero attached hydrogens (tertiary/aromatic N) is 2. The summed E-state index contributed by atoms with van der Waals surface area (Å²) in [5, 5.41) is 16.7. The van der Waals surface area contributed by atoms with E-state index < -0.39 is 36.1 Å². The quantitative estimate of drug-likeness (QED) is 0.326. The molecule has 1 aromatic heterocycles. The van der Waals surface area contributed by atoms with Gasteiger partial charge in [0.15, 0.2) is 5.58 Å². The number of fused-ring (bicyclic) bond motifs is 1. The number of hydrogen-bond acceptors (Lipinski definition) is 6. The van der Waals surface area contributed by atoms with Crippen LogP contribution in [0.5, 0.6) is 0 Å². The SMILES string of the molecule is C[C@H](NC(=O)[C@H](CC(=O)N1CCC[C@@H]1c1ccccc1)NC(O)C1CCC(F)(F)CC1)c1nc2ccccc2o1. The Morgan fingerprint density at radius 2 is 1.80 bits per heavy atom. The van der Waals surface area contributed by atoms with Crippen molar-refractivity contribution in [1.29, 1.82) is 0 Å². The lowest BCUT2D eigenvalue weighted by Crippen LogP contribution is -2.53. The van der Waals surface area contributed by atoms with Crippen LogP contribution in [0.4, 0.5) is 8.78 Å². The second kappa shape index (κ2) is 12.0. The summed E-state index contributed by atoms with van der Waals surface area (Å²) >= 11 is 0. The third-order valence-corrected chi connectivity index (χ3v) is 8.07. The van der Waals surface area contributed by atoms with Gasteiger partial charge in [-0.15, -0.1) is 0 Å². The van der Waals surface area contributed by atoms with Gasteiger partial charge >= 0.3 is 0 Å². The molecular weight excluding hydrogens is 518 g/mol. The van der Waals surface area contributed by atoms with Gasteiger partial charge in [0.25, 0.3) is 0 Å². The third kappa shape index (κ3) is 6.50. The van der Waals surface area contributed by atoms with Crippen LogP contribution in [0.1, 0.15) is 75.4 Å². The molecule has 2 fully saturated rings. The lowest BCUT2D eigenvalue weighted by molar-refractivity contribution is -0.137. The molecule has 2 aliphatic rings. The number of carbonyl (C=O) groups excluding carboxylic acids is 2. The number of para-hydroxylation sites is 2. The van der Waals surface area contributed by atoms with Crippen molar-refractivity contribution >= 4 is 22.9 Å². The van der Waals surface area contributed by atoms with E-state index in [-0.39, 0.29) is 44.1 Å². The number of carbonyl (C=O) groups is 2. The van der Waals surface area contributed by atoms with Crippen LogP contribution in [0.15, 0.2) is 59.0 Å². The zero-order valence-electron chi connectivity index (χ0n) is 22.6. The van der Waals surface area contributed by atoms with Crippen LogP contribution in [0.2, 0.25) is 0 Å². The molecule has 0 spiro atoms.